The second-order valence-electron chi connectivity index (χ2n) is 3.36. The van der Waals surface area contributed by atoms with Gasteiger partial charge in [0.25, 0.3) is 0 Å². The van der Waals surface area contributed by atoms with Crippen LogP contribution in [-0.4, -0.2) is 10.8 Å². The predicted octanol–water partition coefficient (Wildman–Crippen LogP) is 1.76. The van der Waals surface area contributed by atoms with Crippen LogP contribution in [0.2, 0.25) is 0 Å². The van der Waals surface area contributed by atoms with Crippen LogP contribution in [0, 0.1) is 21.7 Å². The number of anilines is 1. The lowest BCUT2D eigenvalue weighted by Gasteiger charge is -2.17. The van der Waals surface area contributed by atoms with Crippen molar-refractivity contribution in [2.24, 2.45) is 0 Å². The zero-order chi connectivity index (χ0) is 11.9. The van der Waals surface area contributed by atoms with E-state index in [1.165, 1.54) is 0 Å². The summed E-state index contributed by atoms with van der Waals surface area (Å²) in [6.45, 7) is 0. The number of amides is 1. The third-order valence-electron chi connectivity index (χ3n) is 2.35. The molecule has 7 heteroatoms. The lowest BCUT2D eigenvalue weighted by atomic mass is 10.0. The molecule has 2 rings (SSSR count). The molecule has 0 atom stereocenters. The maximum atomic E-state index is 13.4. The molecule has 1 aromatic carbocycles. The fourth-order valence-corrected chi connectivity index (χ4v) is 1.58. The minimum Gasteiger partial charge on any atom is -0.323 e. The van der Waals surface area contributed by atoms with E-state index in [-0.39, 0.29) is 24.1 Å². The second kappa shape index (κ2) is 3.51. The molecule has 1 aliphatic heterocycles. The molecule has 1 aliphatic rings. The van der Waals surface area contributed by atoms with Gasteiger partial charge in [-0.25, -0.2) is 4.39 Å². The minimum absolute atomic E-state index is 0.106. The Morgan fingerprint density at radius 2 is 2.00 bits per heavy atom. The molecule has 0 bridgehead atoms. The van der Waals surface area contributed by atoms with E-state index in [9.17, 15) is 23.7 Å². The molecule has 0 unspecified atom stereocenters. The fourth-order valence-electron chi connectivity index (χ4n) is 1.58. The van der Waals surface area contributed by atoms with Gasteiger partial charge in [0.15, 0.2) is 5.82 Å². The second-order valence-corrected chi connectivity index (χ2v) is 3.36. The highest BCUT2D eigenvalue weighted by Gasteiger charge is 2.28. The van der Waals surface area contributed by atoms with E-state index in [4.69, 9.17) is 0 Å². The van der Waals surface area contributed by atoms with E-state index in [2.05, 4.69) is 5.32 Å². The predicted molar refractivity (Wildman–Crippen MR) is 50.0 cm³/mol. The van der Waals surface area contributed by atoms with Gasteiger partial charge in [-0.2, -0.15) is 4.39 Å². The first-order valence-corrected chi connectivity index (χ1v) is 4.46. The van der Waals surface area contributed by atoms with Crippen molar-refractivity contribution < 1.29 is 18.5 Å². The highest BCUT2D eigenvalue weighted by molar-refractivity contribution is 5.94. The molecule has 0 saturated heterocycles. The zero-order valence-corrected chi connectivity index (χ0v) is 7.92. The molecule has 1 N–H and O–H groups in total. The number of nitro groups is 1. The largest absolute Gasteiger partial charge is 0.323 e. The van der Waals surface area contributed by atoms with Crippen molar-refractivity contribution in [3.8, 4) is 0 Å². The van der Waals surface area contributed by atoms with Crippen LogP contribution in [0.4, 0.5) is 20.2 Å². The van der Waals surface area contributed by atoms with Crippen LogP contribution in [0.5, 0.6) is 0 Å². The van der Waals surface area contributed by atoms with Gasteiger partial charge in [0.2, 0.25) is 11.7 Å². The quantitative estimate of drug-likeness (QED) is 0.588. The first-order valence-electron chi connectivity index (χ1n) is 4.46. The molecule has 16 heavy (non-hydrogen) atoms. The van der Waals surface area contributed by atoms with E-state index >= 15 is 0 Å². The van der Waals surface area contributed by atoms with Crippen LogP contribution in [-0.2, 0) is 11.2 Å². The molecular weight excluding hydrogens is 222 g/mol. The van der Waals surface area contributed by atoms with Gasteiger partial charge in [0, 0.05) is 12.5 Å². The molecule has 0 aliphatic carbocycles. The molecule has 1 heterocycles. The lowest BCUT2D eigenvalue weighted by molar-refractivity contribution is -0.387. The van der Waals surface area contributed by atoms with Crippen LogP contribution < -0.4 is 5.32 Å². The van der Waals surface area contributed by atoms with Gasteiger partial charge in [-0.15, -0.1) is 0 Å². The number of carbonyl (C=O) groups excluding carboxylic acids is 1. The number of aryl methyl sites for hydroxylation is 1. The summed E-state index contributed by atoms with van der Waals surface area (Å²) in [5.41, 5.74) is -0.961. The van der Waals surface area contributed by atoms with Gasteiger partial charge in [-0.1, -0.05) is 0 Å². The van der Waals surface area contributed by atoms with Crippen molar-refractivity contribution in [3.05, 3.63) is 33.4 Å². The number of halogens is 2. The first kappa shape index (κ1) is 10.5. The fraction of sp³-hybridized carbons (Fsp3) is 0.222. The third-order valence-corrected chi connectivity index (χ3v) is 2.35. The van der Waals surface area contributed by atoms with E-state index in [0.29, 0.717) is 0 Å². The summed E-state index contributed by atoms with van der Waals surface area (Å²) in [7, 11) is 0. The monoisotopic (exact) mass is 228 g/mol. The number of carbonyl (C=O) groups is 1. The zero-order valence-electron chi connectivity index (χ0n) is 7.92. The molecule has 0 aromatic heterocycles. The van der Waals surface area contributed by atoms with Crippen molar-refractivity contribution in [1.29, 1.82) is 0 Å². The minimum atomic E-state index is -1.55. The molecule has 0 fully saturated rings. The first-order chi connectivity index (χ1) is 7.50. The van der Waals surface area contributed by atoms with Crippen LogP contribution in [0.25, 0.3) is 0 Å². The molecule has 0 spiro atoms. The number of benzene rings is 1. The average Bonchev–Trinajstić information content (AvgIpc) is 2.23. The lowest BCUT2D eigenvalue weighted by Crippen LogP contribution is -2.21. The number of nitrogens with one attached hydrogen (secondary N) is 1. The standard InChI is InChI=1S/C9H6F2N2O3/c10-7-5(13(15)16)3-4-1-2-6(14)12-9(4)8(7)11/h3H,1-2H2,(H,12,14). The van der Waals surface area contributed by atoms with Gasteiger partial charge < -0.3 is 5.32 Å². The maximum Gasteiger partial charge on any atom is 0.308 e. The molecule has 1 aromatic rings. The van der Waals surface area contributed by atoms with Crippen LogP contribution in [0.3, 0.4) is 0 Å². The molecule has 1 amide bonds. The number of rotatable bonds is 1. The summed E-state index contributed by atoms with van der Waals surface area (Å²) in [6.07, 6.45) is 0.272. The Kier molecular flexibility index (Phi) is 2.30. The maximum absolute atomic E-state index is 13.4. The number of hydrogen-bond acceptors (Lipinski definition) is 3. The Morgan fingerprint density at radius 3 is 2.62 bits per heavy atom. The Morgan fingerprint density at radius 1 is 1.31 bits per heavy atom. The van der Waals surface area contributed by atoms with Crippen molar-refractivity contribution in [3.63, 3.8) is 0 Å². The Balaban J connectivity index is 2.63. The van der Waals surface area contributed by atoms with Crippen LogP contribution >= 0.6 is 0 Å². The summed E-state index contributed by atoms with van der Waals surface area (Å²) >= 11 is 0. The number of nitrogens with zero attached hydrogens (tertiary/aromatic N) is 1. The van der Waals surface area contributed by atoms with Crippen molar-refractivity contribution in [2.45, 2.75) is 12.8 Å². The Hall–Kier alpha value is -2.05. The molecule has 5 nitrogen and oxygen atoms in total. The van der Waals surface area contributed by atoms with E-state index < -0.39 is 28.2 Å². The van der Waals surface area contributed by atoms with Crippen molar-refractivity contribution >= 4 is 17.3 Å². The van der Waals surface area contributed by atoms with E-state index in [0.717, 1.165) is 6.07 Å². The summed E-state index contributed by atoms with van der Waals surface area (Å²) < 4.78 is 26.6. The van der Waals surface area contributed by atoms with Gasteiger partial charge >= 0.3 is 5.69 Å². The van der Waals surface area contributed by atoms with Crippen LogP contribution in [0.1, 0.15) is 12.0 Å². The van der Waals surface area contributed by atoms with Gasteiger partial charge in [-0.05, 0) is 12.0 Å². The highest BCUT2D eigenvalue weighted by atomic mass is 19.2. The molecule has 0 radical (unpaired) electrons. The van der Waals surface area contributed by atoms with Gasteiger partial charge in [0.1, 0.15) is 0 Å². The molecular formula is C9H6F2N2O3. The summed E-state index contributed by atoms with van der Waals surface area (Å²) in [5.74, 6) is -3.36. The average molecular weight is 228 g/mol. The molecule has 84 valence electrons. The van der Waals surface area contributed by atoms with E-state index in [1.54, 1.807) is 0 Å². The molecule has 0 saturated carbocycles. The van der Waals surface area contributed by atoms with Crippen LogP contribution in [0.15, 0.2) is 6.07 Å². The van der Waals surface area contributed by atoms with Gasteiger partial charge in [-0.3, -0.25) is 14.9 Å². The van der Waals surface area contributed by atoms with Gasteiger partial charge in [0.05, 0.1) is 10.6 Å². The number of hydrogen-bond donors (Lipinski definition) is 1. The Labute approximate surface area is 88.2 Å². The Bertz CT molecular complexity index is 502. The third kappa shape index (κ3) is 1.50. The number of nitro benzene ring substituents is 1. The summed E-state index contributed by atoms with van der Waals surface area (Å²) in [6, 6.07) is 0.952. The topological polar surface area (TPSA) is 72.2 Å². The summed E-state index contributed by atoms with van der Waals surface area (Å²) in [5, 5.41) is 12.6. The highest BCUT2D eigenvalue weighted by Crippen LogP contribution is 2.32. The normalized spacial score (nSPS) is 14.2. The SMILES string of the molecule is O=C1CCc2cc([N+](=O)[O-])c(F)c(F)c2N1. The smallest absolute Gasteiger partial charge is 0.308 e. The van der Waals surface area contributed by atoms with E-state index in [1.807, 2.05) is 0 Å². The summed E-state index contributed by atoms with van der Waals surface area (Å²) in [4.78, 5) is 20.4. The number of fused-ring (bicyclic) bond motifs is 1. The van der Waals surface area contributed by atoms with Crippen molar-refractivity contribution in [2.75, 3.05) is 5.32 Å². The van der Waals surface area contributed by atoms with Crippen molar-refractivity contribution in [1.82, 2.24) is 0 Å².